The number of rotatable bonds is 7. The molecule has 6 heteroatoms. The number of carbonyl (C=O) groups is 2. The van der Waals surface area contributed by atoms with Crippen LogP contribution in [0.2, 0.25) is 0 Å². The van der Waals surface area contributed by atoms with Crippen molar-refractivity contribution in [2.75, 3.05) is 18.7 Å². The van der Waals surface area contributed by atoms with Crippen molar-refractivity contribution >= 4 is 17.4 Å². The number of hydrogen-bond donors (Lipinski definition) is 1. The molecule has 1 aliphatic heterocycles. The van der Waals surface area contributed by atoms with Gasteiger partial charge in [-0.3, -0.25) is 14.5 Å². The molecule has 1 aliphatic rings. The average molecular weight is 368 g/mol. The Hall–Kier alpha value is -2.86. The minimum absolute atomic E-state index is 0.113. The van der Waals surface area contributed by atoms with Crippen LogP contribution in [0.25, 0.3) is 0 Å². The Balaban J connectivity index is 1.73. The van der Waals surface area contributed by atoms with Gasteiger partial charge in [0, 0.05) is 24.2 Å². The molecule has 1 heterocycles. The molecule has 0 unspecified atom stereocenters. The summed E-state index contributed by atoms with van der Waals surface area (Å²) in [7, 11) is 0. The number of fused-ring (bicyclic) bond motifs is 1. The van der Waals surface area contributed by atoms with Crippen molar-refractivity contribution in [3.63, 3.8) is 0 Å². The first-order valence-electron chi connectivity index (χ1n) is 8.96. The molecule has 0 aromatic heterocycles. The number of amides is 1. The zero-order valence-corrected chi connectivity index (χ0v) is 15.8. The number of nitrogens with one attached hydrogen (secondary N) is 1. The van der Waals surface area contributed by atoms with Crippen molar-refractivity contribution in [2.24, 2.45) is 0 Å². The summed E-state index contributed by atoms with van der Waals surface area (Å²) in [5.41, 5.74) is 2.00. The van der Waals surface area contributed by atoms with Gasteiger partial charge in [-0.1, -0.05) is 30.3 Å². The molecule has 27 heavy (non-hydrogen) atoms. The highest BCUT2D eigenvalue weighted by Gasteiger charge is 2.21. The predicted molar refractivity (Wildman–Crippen MR) is 103 cm³/mol. The van der Waals surface area contributed by atoms with Crippen LogP contribution in [0.1, 0.15) is 36.7 Å². The van der Waals surface area contributed by atoms with E-state index >= 15 is 0 Å². The molecule has 1 amide bonds. The molecule has 0 atom stereocenters. The highest BCUT2D eigenvalue weighted by atomic mass is 16.7. The third-order valence-corrected chi connectivity index (χ3v) is 4.47. The summed E-state index contributed by atoms with van der Waals surface area (Å²) >= 11 is 0. The van der Waals surface area contributed by atoms with Crippen molar-refractivity contribution in [3.8, 4) is 11.5 Å². The van der Waals surface area contributed by atoms with Gasteiger partial charge in [-0.15, -0.1) is 0 Å². The molecule has 0 spiro atoms. The maximum atomic E-state index is 12.7. The summed E-state index contributed by atoms with van der Waals surface area (Å²) in [4.78, 5) is 26.7. The van der Waals surface area contributed by atoms with Crippen molar-refractivity contribution < 1.29 is 19.1 Å². The molecule has 0 saturated carbocycles. The van der Waals surface area contributed by atoms with Gasteiger partial charge in [-0.2, -0.15) is 0 Å². The lowest BCUT2D eigenvalue weighted by Gasteiger charge is -2.26. The molecular weight excluding hydrogens is 344 g/mol. The minimum atomic E-state index is -0.180. The lowest BCUT2D eigenvalue weighted by molar-refractivity contribution is -0.117. The van der Waals surface area contributed by atoms with Crippen molar-refractivity contribution in [1.82, 2.24) is 4.90 Å². The van der Waals surface area contributed by atoms with Crippen LogP contribution in [-0.2, 0) is 11.3 Å². The molecule has 2 aromatic rings. The molecule has 0 fully saturated rings. The van der Waals surface area contributed by atoms with Gasteiger partial charge >= 0.3 is 0 Å². The summed E-state index contributed by atoms with van der Waals surface area (Å²) < 4.78 is 10.7. The number of Topliss-reactive ketones (excluding diaryl/α,β-unsaturated/α-hetero) is 1. The van der Waals surface area contributed by atoms with E-state index in [1.165, 1.54) is 6.92 Å². The molecule has 0 saturated heterocycles. The Morgan fingerprint density at radius 3 is 2.41 bits per heavy atom. The average Bonchev–Trinajstić information content (AvgIpc) is 3.08. The molecule has 3 rings (SSSR count). The van der Waals surface area contributed by atoms with Crippen LogP contribution in [0.3, 0.4) is 0 Å². The van der Waals surface area contributed by atoms with E-state index in [1.54, 1.807) is 12.1 Å². The van der Waals surface area contributed by atoms with Gasteiger partial charge in [-0.05, 0) is 32.4 Å². The monoisotopic (exact) mass is 368 g/mol. The number of nitrogens with zero attached hydrogens (tertiary/aromatic N) is 1. The van der Waals surface area contributed by atoms with E-state index in [-0.39, 0.29) is 31.1 Å². The molecule has 6 nitrogen and oxygen atoms in total. The zero-order valence-electron chi connectivity index (χ0n) is 15.8. The fraction of sp³-hybridized carbons (Fsp3) is 0.333. The SMILES string of the molecule is CC(=O)c1cc2c(cc1NC(=O)CN(Cc1ccccc1)C(C)C)OCO2. The van der Waals surface area contributed by atoms with E-state index in [9.17, 15) is 9.59 Å². The lowest BCUT2D eigenvalue weighted by atomic mass is 10.1. The van der Waals surface area contributed by atoms with E-state index in [0.717, 1.165) is 5.56 Å². The van der Waals surface area contributed by atoms with Gasteiger partial charge in [0.05, 0.1) is 12.2 Å². The van der Waals surface area contributed by atoms with Gasteiger partial charge < -0.3 is 14.8 Å². The Labute approximate surface area is 159 Å². The lowest BCUT2D eigenvalue weighted by Crippen LogP contribution is -2.37. The van der Waals surface area contributed by atoms with Crippen LogP contribution < -0.4 is 14.8 Å². The molecular formula is C21H24N2O4. The Kier molecular flexibility index (Phi) is 5.76. The minimum Gasteiger partial charge on any atom is -0.454 e. The van der Waals surface area contributed by atoms with Crippen molar-refractivity contribution in [2.45, 2.75) is 33.4 Å². The van der Waals surface area contributed by atoms with E-state index in [4.69, 9.17) is 9.47 Å². The summed E-state index contributed by atoms with van der Waals surface area (Å²) in [5, 5.41) is 2.86. The first-order valence-corrected chi connectivity index (χ1v) is 8.96. The van der Waals surface area contributed by atoms with Crippen molar-refractivity contribution in [3.05, 3.63) is 53.6 Å². The molecule has 0 radical (unpaired) electrons. The molecule has 0 bridgehead atoms. The second-order valence-electron chi connectivity index (χ2n) is 6.84. The number of ketones is 1. The maximum Gasteiger partial charge on any atom is 0.238 e. The first kappa shape index (κ1) is 18.9. The second kappa shape index (κ2) is 8.22. The fourth-order valence-corrected chi connectivity index (χ4v) is 2.95. The number of ether oxygens (including phenoxy) is 2. The number of carbonyl (C=O) groups excluding carboxylic acids is 2. The molecule has 142 valence electrons. The Morgan fingerprint density at radius 2 is 1.78 bits per heavy atom. The van der Waals surface area contributed by atoms with Crippen LogP contribution in [0.5, 0.6) is 11.5 Å². The first-order chi connectivity index (χ1) is 12.9. The summed E-state index contributed by atoms with van der Waals surface area (Å²) in [6.45, 7) is 6.58. The summed E-state index contributed by atoms with van der Waals surface area (Å²) in [5.74, 6) is 0.723. The summed E-state index contributed by atoms with van der Waals surface area (Å²) in [6, 6.07) is 13.5. The second-order valence-corrected chi connectivity index (χ2v) is 6.84. The molecule has 2 aromatic carbocycles. The van der Waals surface area contributed by atoms with Gasteiger partial charge in [0.2, 0.25) is 12.7 Å². The standard InChI is InChI=1S/C21H24N2O4/c1-14(2)23(11-16-7-5-4-6-8-16)12-21(25)22-18-10-20-19(26-13-27-20)9-17(18)15(3)24/h4-10,14H,11-13H2,1-3H3,(H,22,25). The maximum absolute atomic E-state index is 12.7. The van der Waals surface area contributed by atoms with Crippen LogP contribution >= 0.6 is 0 Å². The largest absolute Gasteiger partial charge is 0.454 e. The Morgan fingerprint density at radius 1 is 1.11 bits per heavy atom. The predicted octanol–water partition coefficient (Wildman–Crippen LogP) is 3.47. The fourth-order valence-electron chi connectivity index (χ4n) is 2.95. The number of benzene rings is 2. The third-order valence-electron chi connectivity index (χ3n) is 4.47. The van der Waals surface area contributed by atoms with Gasteiger partial charge in [0.15, 0.2) is 17.3 Å². The van der Waals surface area contributed by atoms with Crippen LogP contribution in [-0.4, -0.2) is 36.0 Å². The van der Waals surface area contributed by atoms with E-state index in [0.29, 0.717) is 29.3 Å². The topological polar surface area (TPSA) is 67.9 Å². The molecule has 1 N–H and O–H groups in total. The number of anilines is 1. The Bertz CT molecular complexity index is 834. The quantitative estimate of drug-likeness (QED) is 0.758. The van der Waals surface area contributed by atoms with E-state index in [1.807, 2.05) is 30.3 Å². The number of hydrogen-bond acceptors (Lipinski definition) is 5. The van der Waals surface area contributed by atoms with Crippen molar-refractivity contribution in [1.29, 1.82) is 0 Å². The van der Waals surface area contributed by atoms with E-state index < -0.39 is 0 Å². The molecule has 0 aliphatic carbocycles. The third kappa shape index (κ3) is 4.65. The van der Waals surface area contributed by atoms with Gasteiger partial charge in [0.1, 0.15) is 0 Å². The van der Waals surface area contributed by atoms with Crippen LogP contribution in [0.15, 0.2) is 42.5 Å². The van der Waals surface area contributed by atoms with Gasteiger partial charge in [0.25, 0.3) is 0 Å². The van der Waals surface area contributed by atoms with Gasteiger partial charge in [-0.25, -0.2) is 0 Å². The summed E-state index contributed by atoms with van der Waals surface area (Å²) in [6.07, 6.45) is 0. The van der Waals surface area contributed by atoms with E-state index in [2.05, 4.69) is 24.1 Å². The zero-order chi connectivity index (χ0) is 19.4. The highest BCUT2D eigenvalue weighted by molar-refractivity contribution is 6.05. The highest BCUT2D eigenvalue weighted by Crippen LogP contribution is 2.37. The normalized spacial score (nSPS) is 12.5. The van der Waals surface area contributed by atoms with Crippen LogP contribution in [0.4, 0.5) is 5.69 Å². The smallest absolute Gasteiger partial charge is 0.238 e. The van der Waals surface area contributed by atoms with Crippen LogP contribution in [0, 0.1) is 0 Å².